The normalized spacial score (nSPS) is 10.6. The van der Waals surface area contributed by atoms with Gasteiger partial charge in [-0.15, -0.1) is 0 Å². The number of aromatic nitrogens is 2. The lowest BCUT2D eigenvalue weighted by Crippen LogP contribution is -2.17. The highest BCUT2D eigenvalue weighted by Crippen LogP contribution is 2.27. The molecule has 0 saturated carbocycles. The Morgan fingerprint density at radius 1 is 1.21 bits per heavy atom. The van der Waals surface area contributed by atoms with Crippen LogP contribution in [0.1, 0.15) is 5.56 Å². The van der Waals surface area contributed by atoms with Crippen molar-refractivity contribution in [3.05, 3.63) is 81.5 Å². The zero-order chi connectivity index (χ0) is 17.1. The lowest BCUT2D eigenvalue weighted by molar-refractivity contribution is 0.402. The summed E-state index contributed by atoms with van der Waals surface area (Å²) in [6, 6.07) is 13.6. The van der Waals surface area contributed by atoms with Gasteiger partial charge in [0.2, 0.25) is 5.75 Å². The summed E-state index contributed by atoms with van der Waals surface area (Å²) in [7, 11) is 1.40. The average molecular weight is 345 g/mol. The Balaban J connectivity index is 2.18. The monoisotopic (exact) mass is 344 g/mol. The van der Waals surface area contributed by atoms with Gasteiger partial charge in [0.1, 0.15) is 11.6 Å². The van der Waals surface area contributed by atoms with E-state index in [1.54, 1.807) is 10.8 Å². The van der Waals surface area contributed by atoms with Gasteiger partial charge in [-0.05, 0) is 23.8 Å². The molecule has 0 aliphatic rings. The Morgan fingerprint density at radius 2 is 1.96 bits per heavy atom. The van der Waals surface area contributed by atoms with E-state index in [2.05, 4.69) is 4.98 Å². The number of hydrogen-bond donors (Lipinski definition) is 0. The van der Waals surface area contributed by atoms with Crippen molar-refractivity contribution in [1.82, 2.24) is 9.55 Å². The zero-order valence-electron chi connectivity index (χ0n) is 12.9. The molecule has 0 aliphatic carbocycles. The van der Waals surface area contributed by atoms with Crippen molar-refractivity contribution >= 4 is 11.6 Å². The van der Waals surface area contributed by atoms with Gasteiger partial charge in [-0.25, -0.2) is 4.39 Å². The molecule has 122 valence electrons. The van der Waals surface area contributed by atoms with E-state index in [-0.39, 0.29) is 11.6 Å². The molecule has 0 N–H and O–H groups in total. The number of hydrogen-bond acceptors (Lipinski definition) is 3. The van der Waals surface area contributed by atoms with E-state index < -0.39 is 11.4 Å². The van der Waals surface area contributed by atoms with Crippen LogP contribution in [-0.2, 0) is 6.54 Å². The number of methoxy groups -OCH3 is 1. The fourth-order valence-corrected chi connectivity index (χ4v) is 2.60. The predicted molar refractivity (Wildman–Crippen MR) is 91.0 cm³/mol. The van der Waals surface area contributed by atoms with E-state index in [0.717, 1.165) is 5.56 Å². The third-order valence-electron chi connectivity index (χ3n) is 3.55. The first-order valence-electron chi connectivity index (χ1n) is 7.23. The minimum absolute atomic E-state index is 0.113. The fourth-order valence-electron chi connectivity index (χ4n) is 2.40. The SMILES string of the molecule is COc1cn(Cc2ccccc2)c(-c2cc(F)ccc2Cl)nc1=O. The highest BCUT2D eigenvalue weighted by atomic mass is 35.5. The van der Waals surface area contributed by atoms with Crippen molar-refractivity contribution in [2.75, 3.05) is 7.11 Å². The maximum atomic E-state index is 13.6. The van der Waals surface area contributed by atoms with Crippen LogP contribution in [0.3, 0.4) is 0 Å². The average Bonchev–Trinajstić information content (AvgIpc) is 2.59. The lowest BCUT2D eigenvalue weighted by Gasteiger charge is -2.15. The minimum atomic E-state index is -0.530. The molecule has 4 nitrogen and oxygen atoms in total. The summed E-state index contributed by atoms with van der Waals surface area (Å²) >= 11 is 6.18. The molecule has 1 heterocycles. The van der Waals surface area contributed by atoms with Gasteiger partial charge in [0, 0.05) is 12.1 Å². The molecule has 1 aromatic heterocycles. The van der Waals surface area contributed by atoms with Gasteiger partial charge in [0.05, 0.1) is 18.3 Å². The summed E-state index contributed by atoms with van der Waals surface area (Å²) < 4.78 is 20.4. The smallest absolute Gasteiger partial charge is 0.315 e. The van der Waals surface area contributed by atoms with Gasteiger partial charge in [0.15, 0.2) is 0 Å². The molecule has 0 radical (unpaired) electrons. The molecule has 0 saturated heterocycles. The van der Waals surface area contributed by atoms with Crippen LogP contribution in [0.2, 0.25) is 5.02 Å². The highest BCUT2D eigenvalue weighted by molar-refractivity contribution is 6.33. The second kappa shape index (κ2) is 6.84. The molecule has 0 unspecified atom stereocenters. The second-order valence-electron chi connectivity index (χ2n) is 5.18. The molecular weight excluding hydrogens is 331 g/mol. The van der Waals surface area contributed by atoms with E-state index in [1.807, 2.05) is 30.3 Å². The van der Waals surface area contributed by atoms with Crippen molar-refractivity contribution in [2.45, 2.75) is 6.54 Å². The van der Waals surface area contributed by atoms with Crippen LogP contribution in [0.5, 0.6) is 5.75 Å². The summed E-state index contributed by atoms with van der Waals surface area (Å²) in [5.74, 6) is -0.0536. The summed E-state index contributed by atoms with van der Waals surface area (Å²) in [5, 5.41) is 0.315. The molecule has 6 heteroatoms. The third kappa shape index (κ3) is 3.31. The van der Waals surface area contributed by atoms with E-state index >= 15 is 0 Å². The van der Waals surface area contributed by atoms with E-state index in [0.29, 0.717) is 17.1 Å². The quantitative estimate of drug-likeness (QED) is 0.724. The largest absolute Gasteiger partial charge is 0.490 e. The van der Waals surface area contributed by atoms with Crippen molar-refractivity contribution in [2.24, 2.45) is 0 Å². The number of nitrogens with zero attached hydrogens (tertiary/aromatic N) is 2. The van der Waals surface area contributed by atoms with Gasteiger partial charge >= 0.3 is 5.56 Å². The van der Waals surface area contributed by atoms with E-state index in [9.17, 15) is 9.18 Å². The molecule has 0 bridgehead atoms. The van der Waals surface area contributed by atoms with Crippen LogP contribution < -0.4 is 10.3 Å². The van der Waals surface area contributed by atoms with Crippen molar-refractivity contribution < 1.29 is 9.13 Å². The number of ether oxygens (including phenoxy) is 1. The maximum absolute atomic E-state index is 13.6. The van der Waals surface area contributed by atoms with Crippen molar-refractivity contribution in [3.8, 4) is 17.1 Å². The van der Waals surface area contributed by atoms with Gasteiger partial charge in [0.25, 0.3) is 0 Å². The molecule has 0 fully saturated rings. The first-order chi connectivity index (χ1) is 11.6. The first-order valence-corrected chi connectivity index (χ1v) is 7.61. The Bertz CT molecular complexity index is 926. The summed E-state index contributed by atoms with van der Waals surface area (Å²) in [5.41, 5.74) is 0.822. The predicted octanol–water partition coefficient (Wildman–Crippen LogP) is 3.76. The summed E-state index contributed by atoms with van der Waals surface area (Å²) in [6.07, 6.45) is 1.55. The van der Waals surface area contributed by atoms with E-state index in [4.69, 9.17) is 16.3 Å². The summed E-state index contributed by atoms with van der Waals surface area (Å²) in [6.45, 7) is 0.437. The molecule has 0 spiro atoms. The minimum Gasteiger partial charge on any atom is -0.490 e. The fraction of sp³-hybridized carbons (Fsp3) is 0.111. The zero-order valence-corrected chi connectivity index (χ0v) is 13.6. The molecule has 0 atom stereocenters. The molecular formula is C18H14ClFN2O2. The second-order valence-corrected chi connectivity index (χ2v) is 5.58. The Labute approximate surface area is 143 Å². The first kappa shape index (κ1) is 16.2. The highest BCUT2D eigenvalue weighted by Gasteiger charge is 2.15. The van der Waals surface area contributed by atoms with Crippen LogP contribution in [0.4, 0.5) is 4.39 Å². The third-order valence-corrected chi connectivity index (χ3v) is 3.88. The molecule has 2 aromatic carbocycles. The topological polar surface area (TPSA) is 44.1 Å². The summed E-state index contributed by atoms with van der Waals surface area (Å²) in [4.78, 5) is 16.1. The van der Waals surface area contributed by atoms with Crippen molar-refractivity contribution in [3.63, 3.8) is 0 Å². The van der Waals surface area contributed by atoms with Crippen LogP contribution in [-0.4, -0.2) is 16.7 Å². The van der Waals surface area contributed by atoms with Crippen LogP contribution >= 0.6 is 11.6 Å². The molecule has 24 heavy (non-hydrogen) atoms. The van der Waals surface area contributed by atoms with Gasteiger partial charge in [-0.2, -0.15) is 4.98 Å². The van der Waals surface area contributed by atoms with Crippen LogP contribution in [0.15, 0.2) is 59.5 Å². The van der Waals surface area contributed by atoms with Crippen molar-refractivity contribution in [1.29, 1.82) is 0 Å². The standard InChI is InChI=1S/C18H14ClFN2O2/c1-24-16-11-22(10-12-5-3-2-4-6-12)17(21-18(16)23)14-9-13(20)7-8-15(14)19/h2-9,11H,10H2,1H3. The maximum Gasteiger partial charge on any atom is 0.315 e. The number of rotatable bonds is 4. The Hall–Kier alpha value is -2.66. The van der Waals surface area contributed by atoms with Gasteiger partial charge < -0.3 is 9.30 Å². The molecule has 0 aliphatic heterocycles. The molecule has 0 amide bonds. The van der Waals surface area contributed by atoms with Gasteiger partial charge in [-0.3, -0.25) is 4.79 Å². The number of benzene rings is 2. The Morgan fingerprint density at radius 3 is 2.67 bits per heavy atom. The van der Waals surface area contributed by atoms with Crippen LogP contribution in [0, 0.1) is 5.82 Å². The molecule has 3 aromatic rings. The Kier molecular flexibility index (Phi) is 4.62. The number of halogens is 2. The van der Waals surface area contributed by atoms with Gasteiger partial charge in [-0.1, -0.05) is 41.9 Å². The van der Waals surface area contributed by atoms with Crippen LogP contribution in [0.25, 0.3) is 11.4 Å². The molecule has 3 rings (SSSR count). The lowest BCUT2D eigenvalue weighted by atomic mass is 10.1. The van der Waals surface area contributed by atoms with E-state index in [1.165, 1.54) is 25.3 Å².